The Labute approximate surface area is 116 Å². The van der Waals surface area contributed by atoms with E-state index >= 15 is 0 Å². The maximum atomic E-state index is 12.2. The Hall–Kier alpha value is -2.69. The van der Waals surface area contributed by atoms with Crippen molar-refractivity contribution in [3.05, 3.63) is 65.6 Å². The summed E-state index contributed by atoms with van der Waals surface area (Å²) >= 11 is 0. The fourth-order valence-corrected chi connectivity index (χ4v) is 2.09. The van der Waals surface area contributed by atoms with Crippen LogP contribution in [0.2, 0.25) is 0 Å². The van der Waals surface area contributed by atoms with E-state index in [0.717, 1.165) is 5.56 Å². The molecule has 0 atom stereocenters. The van der Waals surface area contributed by atoms with E-state index in [1.165, 1.54) is 11.8 Å². The van der Waals surface area contributed by atoms with Crippen LogP contribution < -0.4 is 5.32 Å². The maximum absolute atomic E-state index is 12.2. The normalized spacial score (nSPS) is 10.7. The van der Waals surface area contributed by atoms with Crippen LogP contribution in [-0.2, 0) is 6.54 Å². The van der Waals surface area contributed by atoms with E-state index < -0.39 is 0 Å². The molecular weight excluding hydrogens is 252 g/mol. The van der Waals surface area contributed by atoms with Crippen LogP contribution in [0.15, 0.2) is 48.9 Å². The van der Waals surface area contributed by atoms with Crippen LogP contribution in [-0.4, -0.2) is 20.5 Å². The molecule has 0 radical (unpaired) electrons. The second-order valence-electron chi connectivity index (χ2n) is 4.62. The first kappa shape index (κ1) is 12.3. The zero-order valence-corrected chi connectivity index (χ0v) is 11.1. The van der Waals surface area contributed by atoms with Crippen LogP contribution in [0.4, 0.5) is 0 Å². The maximum Gasteiger partial charge on any atom is 0.257 e. The average molecular weight is 266 g/mol. The molecule has 0 saturated carbocycles. The van der Waals surface area contributed by atoms with E-state index in [1.54, 1.807) is 23.0 Å². The second kappa shape index (κ2) is 5.13. The Balaban J connectivity index is 1.76. The third-order valence-corrected chi connectivity index (χ3v) is 3.06. The second-order valence-corrected chi connectivity index (χ2v) is 4.62. The number of carbonyl (C=O) groups is 1. The van der Waals surface area contributed by atoms with Gasteiger partial charge in [0.15, 0.2) is 5.65 Å². The predicted octanol–water partition coefficient (Wildman–Crippen LogP) is 1.97. The lowest BCUT2D eigenvalue weighted by molar-refractivity contribution is 0.0952. The number of fused-ring (bicyclic) bond motifs is 1. The topological polar surface area (TPSA) is 59.3 Å². The Morgan fingerprint density at radius 1 is 1.35 bits per heavy atom. The van der Waals surface area contributed by atoms with Gasteiger partial charge in [0.25, 0.3) is 5.91 Å². The third-order valence-electron chi connectivity index (χ3n) is 3.06. The van der Waals surface area contributed by atoms with Crippen LogP contribution in [0, 0.1) is 6.92 Å². The molecule has 0 aliphatic rings. The monoisotopic (exact) mass is 266 g/mol. The van der Waals surface area contributed by atoms with Gasteiger partial charge >= 0.3 is 0 Å². The summed E-state index contributed by atoms with van der Waals surface area (Å²) in [6, 6.07) is 9.82. The number of aryl methyl sites for hydroxylation is 1. The molecule has 3 rings (SSSR count). The lowest BCUT2D eigenvalue weighted by Gasteiger charge is -2.05. The number of aromatic nitrogens is 3. The van der Waals surface area contributed by atoms with Gasteiger partial charge in [-0.15, -0.1) is 0 Å². The highest BCUT2D eigenvalue weighted by molar-refractivity contribution is 5.99. The first-order chi connectivity index (χ1) is 9.74. The molecule has 1 amide bonds. The highest BCUT2D eigenvalue weighted by atomic mass is 16.1. The summed E-state index contributed by atoms with van der Waals surface area (Å²) in [5.74, 6) is -0.166. The van der Waals surface area contributed by atoms with Crippen LogP contribution in [0.3, 0.4) is 0 Å². The van der Waals surface area contributed by atoms with E-state index in [2.05, 4.69) is 21.5 Å². The Morgan fingerprint density at radius 2 is 2.25 bits per heavy atom. The van der Waals surface area contributed by atoms with Crippen molar-refractivity contribution >= 4 is 11.6 Å². The number of amides is 1. The van der Waals surface area contributed by atoms with Gasteiger partial charge in [0.2, 0.25) is 0 Å². The van der Waals surface area contributed by atoms with Gasteiger partial charge in [0, 0.05) is 18.9 Å². The van der Waals surface area contributed by atoms with Gasteiger partial charge in [-0.25, -0.2) is 9.50 Å². The molecular formula is C15H14N4O. The van der Waals surface area contributed by atoms with Gasteiger partial charge in [-0.3, -0.25) is 4.79 Å². The molecule has 5 nitrogen and oxygen atoms in total. The molecule has 2 heterocycles. The molecule has 100 valence electrons. The van der Waals surface area contributed by atoms with Crippen LogP contribution in [0.25, 0.3) is 5.65 Å². The number of nitrogens with one attached hydrogen (secondary N) is 1. The molecule has 20 heavy (non-hydrogen) atoms. The Bertz CT molecular complexity index is 763. The summed E-state index contributed by atoms with van der Waals surface area (Å²) in [6.07, 6.45) is 4.95. The summed E-state index contributed by atoms with van der Waals surface area (Å²) in [7, 11) is 0. The first-order valence-corrected chi connectivity index (χ1v) is 6.36. The summed E-state index contributed by atoms with van der Waals surface area (Å²) in [5, 5.41) is 6.99. The molecule has 5 heteroatoms. The molecule has 0 unspecified atom stereocenters. The van der Waals surface area contributed by atoms with E-state index in [-0.39, 0.29) is 5.91 Å². The fourth-order valence-electron chi connectivity index (χ4n) is 2.09. The van der Waals surface area contributed by atoms with Crippen molar-refractivity contribution in [1.82, 2.24) is 19.9 Å². The predicted molar refractivity (Wildman–Crippen MR) is 75.3 cm³/mol. The van der Waals surface area contributed by atoms with E-state index in [9.17, 15) is 4.79 Å². The molecule has 1 aromatic carbocycles. The van der Waals surface area contributed by atoms with Crippen LogP contribution in [0.5, 0.6) is 0 Å². The number of hydrogen-bond acceptors (Lipinski definition) is 3. The molecule has 0 spiro atoms. The Morgan fingerprint density at radius 3 is 3.10 bits per heavy atom. The van der Waals surface area contributed by atoms with Crippen molar-refractivity contribution in [2.45, 2.75) is 13.5 Å². The molecule has 0 aliphatic carbocycles. The van der Waals surface area contributed by atoms with Crippen LogP contribution >= 0.6 is 0 Å². The number of rotatable bonds is 3. The molecule has 0 aliphatic heterocycles. The third kappa shape index (κ3) is 2.38. The summed E-state index contributed by atoms with van der Waals surface area (Å²) in [4.78, 5) is 16.3. The Kier molecular flexibility index (Phi) is 3.16. The van der Waals surface area contributed by atoms with Crippen molar-refractivity contribution in [3.63, 3.8) is 0 Å². The smallest absolute Gasteiger partial charge is 0.257 e. The van der Waals surface area contributed by atoms with E-state index in [0.29, 0.717) is 17.8 Å². The number of benzene rings is 1. The standard InChI is InChI=1S/C15H14N4O/c1-11-4-2-5-12(8-11)9-17-15(20)13-10-18-19-7-3-6-16-14(13)19/h2-8,10H,9H2,1H3,(H,17,20). The molecule has 0 fully saturated rings. The van der Waals surface area contributed by atoms with Gasteiger partial charge in [-0.1, -0.05) is 29.8 Å². The quantitative estimate of drug-likeness (QED) is 0.788. The number of nitrogens with zero attached hydrogens (tertiary/aromatic N) is 3. The molecule has 2 aromatic heterocycles. The number of hydrogen-bond donors (Lipinski definition) is 1. The number of carbonyl (C=O) groups excluding carboxylic acids is 1. The largest absolute Gasteiger partial charge is 0.348 e. The zero-order chi connectivity index (χ0) is 13.9. The van der Waals surface area contributed by atoms with Crippen molar-refractivity contribution in [2.75, 3.05) is 0 Å². The van der Waals surface area contributed by atoms with Gasteiger partial charge in [-0.2, -0.15) is 5.10 Å². The van der Waals surface area contributed by atoms with Gasteiger partial charge in [0.05, 0.1) is 6.20 Å². The lowest BCUT2D eigenvalue weighted by Crippen LogP contribution is -2.22. The van der Waals surface area contributed by atoms with Gasteiger partial charge in [0.1, 0.15) is 5.56 Å². The van der Waals surface area contributed by atoms with Gasteiger partial charge < -0.3 is 5.32 Å². The van der Waals surface area contributed by atoms with E-state index in [4.69, 9.17) is 0 Å². The van der Waals surface area contributed by atoms with Gasteiger partial charge in [-0.05, 0) is 18.6 Å². The minimum atomic E-state index is -0.166. The first-order valence-electron chi connectivity index (χ1n) is 6.36. The molecule has 3 aromatic rings. The minimum Gasteiger partial charge on any atom is -0.348 e. The molecule has 0 bridgehead atoms. The van der Waals surface area contributed by atoms with Crippen molar-refractivity contribution in [1.29, 1.82) is 0 Å². The molecule has 0 saturated heterocycles. The summed E-state index contributed by atoms with van der Waals surface area (Å²) in [6.45, 7) is 2.52. The van der Waals surface area contributed by atoms with E-state index in [1.807, 2.05) is 25.1 Å². The zero-order valence-electron chi connectivity index (χ0n) is 11.1. The highest BCUT2D eigenvalue weighted by Gasteiger charge is 2.12. The highest BCUT2D eigenvalue weighted by Crippen LogP contribution is 2.08. The van der Waals surface area contributed by atoms with Crippen LogP contribution in [0.1, 0.15) is 21.5 Å². The summed E-state index contributed by atoms with van der Waals surface area (Å²) < 4.78 is 1.58. The minimum absolute atomic E-state index is 0.166. The SMILES string of the molecule is Cc1cccc(CNC(=O)c2cnn3cccnc23)c1. The average Bonchev–Trinajstić information content (AvgIpc) is 2.89. The molecule has 1 N–H and O–H groups in total. The van der Waals surface area contributed by atoms with Crippen molar-refractivity contribution < 1.29 is 4.79 Å². The fraction of sp³-hybridized carbons (Fsp3) is 0.133. The lowest BCUT2D eigenvalue weighted by atomic mass is 10.1. The van der Waals surface area contributed by atoms with Crippen molar-refractivity contribution in [3.8, 4) is 0 Å². The summed E-state index contributed by atoms with van der Waals surface area (Å²) in [5.41, 5.74) is 3.30. The van der Waals surface area contributed by atoms with Crippen molar-refractivity contribution in [2.24, 2.45) is 0 Å².